The van der Waals surface area contributed by atoms with E-state index in [1.807, 2.05) is 12.1 Å². The van der Waals surface area contributed by atoms with Crippen LogP contribution in [0.25, 0.3) is 10.1 Å². The van der Waals surface area contributed by atoms with Crippen LogP contribution in [-0.4, -0.2) is 0 Å². The molecule has 2 unspecified atom stereocenters. The highest BCUT2D eigenvalue weighted by molar-refractivity contribution is 7.19. The van der Waals surface area contributed by atoms with Gasteiger partial charge in [-0.25, -0.2) is 4.39 Å². The first-order valence-electron chi connectivity index (χ1n) is 6.06. The topological polar surface area (TPSA) is 26.0 Å². The van der Waals surface area contributed by atoms with Gasteiger partial charge in [0, 0.05) is 15.6 Å². The van der Waals surface area contributed by atoms with Gasteiger partial charge in [0.05, 0.1) is 0 Å². The van der Waals surface area contributed by atoms with Gasteiger partial charge < -0.3 is 5.73 Å². The van der Waals surface area contributed by atoms with Crippen LogP contribution < -0.4 is 5.73 Å². The minimum atomic E-state index is -0.183. The maximum Gasteiger partial charge on any atom is 0.123 e. The molecule has 17 heavy (non-hydrogen) atoms. The van der Waals surface area contributed by atoms with E-state index >= 15 is 0 Å². The molecule has 3 heteroatoms. The average Bonchev–Trinajstić information content (AvgIpc) is 2.71. The molecule has 1 aromatic carbocycles. The van der Waals surface area contributed by atoms with E-state index in [1.54, 1.807) is 17.4 Å². The summed E-state index contributed by atoms with van der Waals surface area (Å²) in [6, 6.07) is 7.00. The lowest BCUT2D eigenvalue weighted by atomic mass is 9.96. The van der Waals surface area contributed by atoms with Crippen molar-refractivity contribution < 1.29 is 4.39 Å². The molecule has 0 aliphatic heterocycles. The second kappa shape index (κ2) is 5.15. The van der Waals surface area contributed by atoms with E-state index in [2.05, 4.69) is 13.8 Å². The van der Waals surface area contributed by atoms with Gasteiger partial charge in [-0.1, -0.05) is 20.3 Å². The molecular weight excluding hydrogens is 233 g/mol. The molecule has 0 saturated carbocycles. The fourth-order valence-corrected chi connectivity index (χ4v) is 3.29. The van der Waals surface area contributed by atoms with Crippen molar-refractivity contribution in [3.63, 3.8) is 0 Å². The number of halogens is 1. The molecule has 0 spiro atoms. The van der Waals surface area contributed by atoms with Crippen LogP contribution >= 0.6 is 11.3 Å². The monoisotopic (exact) mass is 251 g/mol. The van der Waals surface area contributed by atoms with E-state index in [4.69, 9.17) is 5.73 Å². The third-order valence-electron chi connectivity index (χ3n) is 3.18. The predicted molar refractivity (Wildman–Crippen MR) is 72.8 cm³/mol. The molecule has 1 aromatic heterocycles. The molecule has 0 amide bonds. The van der Waals surface area contributed by atoms with E-state index in [-0.39, 0.29) is 11.9 Å². The van der Waals surface area contributed by atoms with Crippen molar-refractivity contribution in [3.05, 3.63) is 35.0 Å². The van der Waals surface area contributed by atoms with Crippen LogP contribution in [0.3, 0.4) is 0 Å². The first-order valence-corrected chi connectivity index (χ1v) is 6.88. The summed E-state index contributed by atoms with van der Waals surface area (Å²) in [5.74, 6) is 0.287. The Bertz CT molecular complexity index is 506. The molecule has 0 radical (unpaired) electrons. The molecule has 0 aliphatic carbocycles. The Kier molecular flexibility index (Phi) is 3.79. The van der Waals surface area contributed by atoms with Crippen molar-refractivity contribution in [1.82, 2.24) is 0 Å². The zero-order chi connectivity index (χ0) is 12.4. The summed E-state index contributed by atoms with van der Waals surface area (Å²) >= 11 is 1.68. The largest absolute Gasteiger partial charge is 0.323 e. The van der Waals surface area contributed by atoms with Gasteiger partial charge in [0.25, 0.3) is 0 Å². The number of rotatable bonds is 4. The Hall–Kier alpha value is -0.930. The fourth-order valence-electron chi connectivity index (χ4n) is 2.11. The lowest BCUT2D eigenvalue weighted by Gasteiger charge is -2.17. The number of thiophene rings is 1. The zero-order valence-corrected chi connectivity index (χ0v) is 11.1. The summed E-state index contributed by atoms with van der Waals surface area (Å²) in [6.45, 7) is 4.35. The van der Waals surface area contributed by atoms with Crippen molar-refractivity contribution in [2.24, 2.45) is 11.7 Å². The minimum Gasteiger partial charge on any atom is -0.323 e. The summed E-state index contributed by atoms with van der Waals surface area (Å²) < 4.78 is 14.2. The van der Waals surface area contributed by atoms with E-state index in [0.717, 1.165) is 27.8 Å². The van der Waals surface area contributed by atoms with Gasteiger partial charge in [-0.15, -0.1) is 11.3 Å². The maximum absolute atomic E-state index is 13.1. The van der Waals surface area contributed by atoms with Gasteiger partial charge >= 0.3 is 0 Å². The van der Waals surface area contributed by atoms with Crippen LogP contribution in [0.2, 0.25) is 0 Å². The molecular formula is C14H18FNS. The summed E-state index contributed by atoms with van der Waals surface area (Å²) in [6.07, 6.45) is 2.28. The quantitative estimate of drug-likeness (QED) is 0.852. The van der Waals surface area contributed by atoms with Gasteiger partial charge in [-0.3, -0.25) is 0 Å². The van der Waals surface area contributed by atoms with Crippen molar-refractivity contribution in [3.8, 4) is 0 Å². The Morgan fingerprint density at radius 2 is 2.12 bits per heavy atom. The molecule has 1 heterocycles. The first-order chi connectivity index (χ1) is 8.11. The van der Waals surface area contributed by atoms with E-state index in [0.29, 0.717) is 5.92 Å². The Labute approximate surface area is 105 Å². The molecule has 1 nitrogen and oxygen atoms in total. The average molecular weight is 251 g/mol. The molecule has 92 valence electrons. The van der Waals surface area contributed by atoms with Crippen LogP contribution in [-0.2, 0) is 0 Å². The molecule has 2 rings (SSSR count). The number of benzene rings is 1. The Morgan fingerprint density at radius 1 is 1.35 bits per heavy atom. The first kappa shape index (κ1) is 12.5. The maximum atomic E-state index is 13.1. The van der Waals surface area contributed by atoms with Crippen LogP contribution in [0.4, 0.5) is 4.39 Å². The highest BCUT2D eigenvalue weighted by Gasteiger charge is 2.16. The van der Waals surface area contributed by atoms with Crippen LogP contribution in [0, 0.1) is 11.7 Å². The Balaban J connectivity index is 2.29. The van der Waals surface area contributed by atoms with Gasteiger partial charge in [0.2, 0.25) is 0 Å². The molecule has 0 aliphatic rings. The van der Waals surface area contributed by atoms with Crippen LogP contribution in [0.5, 0.6) is 0 Å². The van der Waals surface area contributed by atoms with E-state index < -0.39 is 0 Å². The fraction of sp³-hybridized carbons (Fsp3) is 0.429. The molecule has 2 aromatic rings. The van der Waals surface area contributed by atoms with Crippen molar-refractivity contribution >= 4 is 21.4 Å². The van der Waals surface area contributed by atoms with Gasteiger partial charge in [-0.05, 0) is 42.0 Å². The number of fused-ring (bicyclic) bond motifs is 1. The Morgan fingerprint density at radius 3 is 2.82 bits per heavy atom. The summed E-state index contributed by atoms with van der Waals surface area (Å²) in [7, 11) is 0. The minimum absolute atomic E-state index is 0.0652. The highest BCUT2D eigenvalue weighted by atomic mass is 32.1. The van der Waals surface area contributed by atoms with Crippen molar-refractivity contribution in [1.29, 1.82) is 0 Å². The molecule has 2 atom stereocenters. The van der Waals surface area contributed by atoms with Gasteiger partial charge in [-0.2, -0.15) is 0 Å². The van der Waals surface area contributed by atoms with E-state index in [1.165, 1.54) is 6.07 Å². The third-order valence-corrected chi connectivity index (χ3v) is 4.40. The second-order valence-corrected chi connectivity index (χ2v) is 5.74. The van der Waals surface area contributed by atoms with Gasteiger partial charge in [0.15, 0.2) is 0 Å². The SMILES string of the molecule is CCCC(C)C(N)c1cc2cc(F)ccc2s1. The molecule has 2 N–H and O–H groups in total. The predicted octanol–water partition coefficient (Wildman–Crippen LogP) is 4.48. The van der Waals surface area contributed by atoms with Crippen molar-refractivity contribution in [2.75, 3.05) is 0 Å². The standard InChI is InChI=1S/C14H18FNS/c1-3-4-9(2)14(16)13-8-10-7-11(15)5-6-12(10)17-13/h5-9,14H,3-4,16H2,1-2H3. The van der Waals surface area contributed by atoms with E-state index in [9.17, 15) is 4.39 Å². The molecule has 0 bridgehead atoms. The van der Waals surface area contributed by atoms with Crippen LogP contribution in [0.1, 0.15) is 37.6 Å². The number of hydrogen-bond acceptors (Lipinski definition) is 2. The zero-order valence-electron chi connectivity index (χ0n) is 10.2. The molecule has 0 fully saturated rings. The van der Waals surface area contributed by atoms with Gasteiger partial charge in [0.1, 0.15) is 5.82 Å². The normalized spacial score (nSPS) is 15.1. The number of nitrogens with two attached hydrogens (primary N) is 1. The summed E-state index contributed by atoms with van der Waals surface area (Å²) in [5, 5.41) is 0.962. The second-order valence-electron chi connectivity index (χ2n) is 4.62. The van der Waals surface area contributed by atoms with Crippen molar-refractivity contribution in [2.45, 2.75) is 32.7 Å². The lowest BCUT2D eigenvalue weighted by molar-refractivity contribution is 0.438. The third kappa shape index (κ3) is 2.67. The highest BCUT2D eigenvalue weighted by Crippen LogP contribution is 2.33. The lowest BCUT2D eigenvalue weighted by Crippen LogP contribution is -2.17. The summed E-state index contributed by atoms with van der Waals surface area (Å²) in [4.78, 5) is 1.16. The number of hydrogen-bond donors (Lipinski definition) is 1. The van der Waals surface area contributed by atoms with Crippen LogP contribution in [0.15, 0.2) is 24.3 Å². The summed E-state index contributed by atoms with van der Waals surface area (Å²) in [5.41, 5.74) is 6.24. The molecule has 0 saturated heterocycles. The smallest absolute Gasteiger partial charge is 0.123 e.